The van der Waals surface area contributed by atoms with Crippen LogP contribution in [-0.2, 0) is 4.74 Å². The lowest BCUT2D eigenvalue weighted by molar-refractivity contribution is -0.389. The van der Waals surface area contributed by atoms with Crippen LogP contribution < -0.4 is 5.73 Å². The molecule has 18 heavy (non-hydrogen) atoms. The highest BCUT2D eigenvalue weighted by molar-refractivity contribution is 5.99. The van der Waals surface area contributed by atoms with Gasteiger partial charge in [0.25, 0.3) is 5.91 Å². The number of aromatic nitrogens is 1. The van der Waals surface area contributed by atoms with Crippen molar-refractivity contribution in [2.24, 2.45) is 0 Å². The van der Waals surface area contributed by atoms with Gasteiger partial charge in [0.15, 0.2) is 6.20 Å². The molecular weight excluding hydrogens is 240 g/mol. The molecular formula is C10H14N4O4. The van der Waals surface area contributed by atoms with Crippen LogP contribution in [0.25, 0.3) is 0 Å². The van der Waals surface area contributed by atoms with E-state index in [1.165, 1.54) is 12.0 Å². The molecule has 0 saturated heterocycles. The third kappa shape index (κ3) is 3.14. The summed E-state index contributed by atoms with van der Waals surface area (Å²) in [4.78, 5) is 26.8. The summed E-state index contributed by atoms with van der Waals surface area (Å²) < 4.78 is 4.84. The van der Waals surface area contributed by atoms with E-state index in [2.05, 4.69) is 4.98 Å². The van der Waals surface area contributed by atoms with Crippen molar-refractivity contribution in [1.82, 2.24) is 9.88 Å². The maximum absolute atomic E-state index is 12.0. The summed E-state index contributed by atoms with van der Waals surface area (Å²) in [5.74, 6) is -0.817. The van der Waals surface area contributed by atoms with Crippen LogP contribution in [0.3, 0.4) is 0 Å². The van der Waals surface area contributed by atoms with Crippen LogP contribution in [0.15, 0.2) is 12.3 Å². The van der Waals surface area contributed by atoms with E-state index in [0.717, 1.165) is 12.3 Å². The smallest absolute Gasteiger partial charge is 0.364 e. The summed E-state index contributed by atoms with van der Waals surface area (Å²) in [7, 11) is 3.08. The number of amides is 1. The standard InChI is InChI=1S/C10H14N4O4/c1-13(3-4-18-2)10(15)7-5-9(14(16)17)12-6-8(7)11/h5-6H,3-4,11H2,1-2H3. The number of hydrogen-bond donors (Lipinski definition) is 1. The molecule has 1 aromatic rings. The van der Waals surface area contributed by atoms with E-state index in [4.69, 9.17) is 10.5 Å². The van der Waals surface area contributed by atoms with Gasteiger partial charge in [-0.2, -0.15) is 0 Å². The Morgan fingerprint density at radius 1 is 1.67 bits per heavy atom. The summed E-state index contributed by atoms with van der Waals surface area (Å²) in [5.41, 5.74) is 5.76. The molecule has 0 unspecified atom stereocenters. The lowest BCUT2D eigenvalue weighted by Crippen LogP contribution is -2.30. The number of nitrogens with two attached hydrogens (primary N) is 1. The average molecular weight is 254 g/mol. The molecule has 0 saturated carbocycles. The van der Waals surface area contributed by atoms with Crippen molar-refractivity contribution in [3.05, 3.63) is 27.9 Å². The number of hydrogen-bond acceptors (Lipinski definition) is 6. The van der Waals surface area contributed by atoms with Gasteiger partial charge in [-0.3, -0.25) is 4.79 Å². The quantitative estimate of drug-likeness (QED) is 0.597. The first-order chi connectivity index (χ1) is 8.47. The van der Waals surface area contributed by atoms with Crippen LogP contribution in [0.4, 0.5) is 11.5 Å². The van der Waals surface area contributed by atoms with Crippen LogP contribution in [-0.4, -0.2) is 48.0 Å². The number of nitrogen functional groups attached to an aromatic ring is 1. The van der Waals surface area contributed by atoms with Gasteiger partial charge in [0.2, 0.25) is 0 Å². The molecule has 0 spiro atoms. The Kier molecular flexibility index (Phi) is 4.55. The molecule has 2 N–H and O–H groups in total. The second-order valence-electron chi connectivity index (χ2n) is 3.61. The third-order valence-corrected chi connectivity index (χ3v) is 2.32. The van der Waals surface area contributed by atoms with Crippen molar-refractivity contribution in [2.45, 2.75) is 0 Å². The minimum Gasteiger partial charge on any atom is -0.395 e. The van der Waals surface area contributed by atoms with Gasteiger partial charge in [0.05, 0.1) is 23.9 Å². The number of anilines is 1. The number of nitrogens with zero attached hydrogens (tertiary/aromatic N) is 3. The van der Waals surface area contributed by atoms with Gasteiger partial charge in [0, 0.05) is 20.7 Å². The number of pyridine rings is 1. The molecule has 0 aliphatic carbocycles. The topological polar surface area (TPSA) is 112 Å². The predicted octanol–water partition coefficient (Wildman–Crippen LogP) is 0.290. The minimum atomic E-state index is -0.675. The molecule has 0 bridgehead atoms. The molecule has 98 valence electrons. The van der Waals surface area contributed by atoms with Crippen LogP contribution in [0.5, 0.6) is 0 Å². The summed E-state index contributed by atoms with van der Waals surface area (Å²) in [6.07, 6.45) is 1.11. The molecule has 0 aliphatic heterocycles. The lowest BCUT2D eigenvalue weighted by Gasteiger charge is -2.16. The fourth-order valence-electron chi connectivity index (χ4n) is 1.28. The highest BCUT2D eigenvalue weighted by atomic mass is 16.6. The Labute approximate surface area is 104 Å². The fourth-order valence-corrected chi connectivity index (χ4v) is 1.28. The van der Waals surface area contributed by atoms with Crippen molar-refractivity contribution in [3.8, 4) is 0 Å². The largest absolute Gasteiger partial charge is 0.395 e. The molecule has 1 aromatic heterocycles. The van der Waals surface area contributed by atoms with Crippen LogP contribution in [0.2, 0.25) is 0 Å². The molecule has 1 heterocycles. The lowest BCUT2D eigenvalue weighted by atomic mass is 10.2. The third-order valence-electron chi connectivity index (χ3n) is 2.32. The maximum atomic E-state index is 12.0. The highest BCUT2D eigenvalue weighted by Gasteiger charge is 2.19. The van der Waals surface area contributed by atoms with Crippen molar-refractivity contribution < 1.29 is 14.5 Å². The Morgan fingerprint density at radius 3 is 2.89 bits per heavy atom. The Balaban J connectivity index is 2.97. The number of ether oxygens (including phenoxy) is 1. The second kappa shape index (κ2) is 5.92. The molecule has 8 nitrogen and oxygen atoms in total. The van der Waals surface area contributed by atoms with Crippen molar-refractivity contribution in [2.75, 3.05) is 33.0 Å². The average Bonchev–Trinajstić information content (AvgIpc) is 2.35. The van der Waals surface area contributed by atoms with Gasteiger partial charge in [-0.15, -0.1) is 0 Å². The predicted molar refractivity (Wildman–Crippen MR) is 64.1 cm³/mol. The fraction of sp³-hybridized carbons (Fsp3) is 0.400. The van der Waals surface area contributed by atoms with E-state index in [9.17, 15) is 14.9 Å². The van der Waals surface area contributed by atoms with Crippen molar-refractivity contribution >= 4 is 17.4 Å². The number of carbonyl (C=O) groups is 1. The number of carbonyl (C=O) groups excluding carboxylic acids is 1. The molecule has 0 radical (unpaired) electrons. The van der Waals surface area contributed by atoms with Gasteiger partial charge < -0.3 is 25.5 Å². The van der Waals surface area contributed by atoms with E-state index < -0.39 is 16.6 Å². The van der Waals surface area contributed by atoms with Crippen molar-refractivity contribution in [3.63, 3.8) is 0 Å². The van der Waals surface area contributed by atoms with Crippen LogP contribution in [0, 0.1) is 10.1 Å². The van der Waals surface area contributed by atoms with Gasteiger partial charge in [0.1, 0.15) is 0 Å². The zero-order chi connectivity index (χ0) is 13.7. The number of nitro groups is 1. The van der Waals surface area contributed by atoms with E-state index in [-0.39, 0.29) is 11.3 Å². The Morgan fingerprint density at radius 2 is 2.33 bits per heavy atom. The Bertz CT molecular complexity index is 463. The molecule has 0 aromatic carbocycles. The summed E-state index contributed by atoms with van der Waals surface area (Å²) in [6, 6.07) is 1.07. The summed E-state index contributed by atoms with van der Waals surface area (Å²) >= 11 is 0. The first kappa shape index (κ1) is 13.8. The molecule has 0 fully saturated rings. The maximum Gasteiger partial charge on any atom is 0.364 e. The highest BCUT2D eigenvalue weighted by Crippen LogP contribution is 2.17. The van der Waals surface area contributed by atoms with Gasteiger partial charge >= 0.3 is 5.82 Å². The molecule has 1 rings (SSSR count). The Hall–Kier alpha value is -2.22. The van der Waals surface area contributed by atoms with Gasteiger partial charge in [-0.1, -0.05) is 0 Å². The van der Waals surface area contributed by atoms with E-state index in [0.29, 0.717) is 13.2 Å². The minimum absolute atomic E-state index is 0.0651. The van der Waals surface area contributed by atoms with Crippen LogP contribution in [0.1, 0.15) is 10.4 Å². The van der Waals surface area contributed by atoms with E-state index in [1.807, 2.05) is 0 Å². The first-order valence-corrected chi connectivity index (χ1v) is 5.11. The van der Waals surface area contributed by atoms with Crippen molar-refractivity contribution in [1.29, 1.82) is 0 Å². The zero-order valence-corrected chi connectivity index (χ0v) is 10.1. The second-order valence-corrected chi connectivity index (χ2v) is 3.61. The summed E-state index contributed by atoms with van der Waals surface area (Å²) in [6.45, 7) is 0.736. The number of rotatable bonds is 5. The van der Waals surface area contributed by atoms with Gasteiger partial charge in [-0.25, -0.2) is 0 Å². The normalized spacial score (nSPS) is 10.1. The number of methoxy groups -OCH3 is 1. The van der Waals surface area contributed by atoms with E-state index in [1.54, 1.807) is 7.05 Å². The van der Waals surface area contributed by atoms with E-state index >= 15 is 0 Å². The SMILES string of the molecule is COCCN(C)C(=O)c1cc([N+](=O)[O-])ncc1N. The zero-order valence-electron chi connectivity index (χ0n) is 10.1. The number of likely N-dealkylation sites (N-methyl/N-ethyl adjacent to an activating group) is 1. The molecule has 0 atom stereocenters. The monoisotopic (exact) mass is 254 g/mol. The molecule has 0 aliphatic rings. The molecule has 1 amide bonds. The van der Waals surface area contributed by atoms with Crippen LogP contribution >= 0.6 is 0 Å². The molecule has 8 heteroatoms. The first-order valence-electron chi connectivity index (χ1n) is 5.11. The van der Waals surface area contributed by atoms with Gasteiger partial charge in [-0.05, 0) is 9.91 Å². The summed E-state index contributed by atoms with van der Waals surface area (Å²) in [5, 5.41) is 10.6.